The molecular weight excluding hydrogens is 232 g/mol. The minimum Gasteiger partial charge on any atom is -0.308 e. The van der Waals surface area contributed by atoms with Gasteiger partial charge < -0.3 is 5.01 Å². The van der Waals surface area contributed by atoms with Crippen LogP contribution in [0.1, 0.15) is 6.42 Å². The van der Waals surface area contributed by atoms with Crippen LogP contribution in [-0.2, 0) is 0 Å². The quantitative estimate of drug-likeness (QED) is 0.660. The van der Waals surface area contributed by atoms with E-state index in [-0.39, 0.29) is 0 Å². The summed E-state index contributed by atoms with van der Waals surface area (Å²) in [6, 6.07) is 19.8. The van der Waals surface area contributed by atoms with Crippen molar-refractivity contribution in [1.82, 2.24) is 5.43 Å². The molecular formula is C17H16N2. The van der Waals surface area contributed by atoms with Crippen LogP contribution in [0.2, 0.25) is 0 Å². The Morgan fingerprint density at radius 1 is 0.789 bits per heavy atom. The van der Waals surface area contributed by atoms with Gasteiger partial charge in [0.15, 0.2) is 0 Å². The van der Waals surface area contributed by atoms with Crippen LogP contribution in [0, 0.1) is 0 Å². The lowest BCUT2D eigenvalue weighted by molar-refractivity contribution is 0.788. The third-order valence-corrected chi connectivity index (χ3v) is 3.86. The van der Waals surface area contributed by atoms with Gasteiger partial charge in [-0.25, -0.2) is 5.43 Å². The molecule has 0 amide bonds. The smallest absolute Gasteiger partial charge is 0.0526 e. The summed E-state index contributed by atoms with van der Waals surface area (Å²) in [6.07, 6.45) is 1.22. The fourth-order valence-electron chi connectivity index (χ4n) is 2.85. The Bertz CT molecular complexity index is 742. The summed E-state index contributed by atoms with van der Waals surface area (Å²) in [7, 11) is 0. The number of hydrogen-bond donors (Lipinski definition) is 1. The number of nitrogens with one attached hydrogen (secondary N) is 1. The monoisotopic (exact) mass is 248 g/mol. The Morgan fingerprint density at radius 2 is 1.53 bits per heavy atom. The van der Waals surface area contributed by atoms with Gasteiger partial charge in [-0.1, -0.05) is 30.3 Å². The van der Waals surface area contributed by atoms with Gasteiger partial charge in [-0.3, -0.25) is 0 Å². The fraction of sp³-hybridized carbons (Fsp3) is 0.176. The molecule has 3 aromatic carbocycles. The Hall–Kier alpha value is -2.06. The van der Waals surface area contributed by atoms with Gasteiger partial charge in [0, 0.05) is 13.1 Å². The van der Waals surface area contributed by atoms with Crippen LogP contribution >= 0.6 is 0 Å². The van der Waals surface area contributed by atoms with Gasteiger partial charge in [-0.05, 0) is 52.2 Å². The summed E-state index contributed by atoms with van der Waals surface area (Å²) in [4.78, 5) is 0. The van der Waals surface area contributed by atoms with Crippen molar-refractivity contribution in [2.24, 2.45) is 0 Å². The minimum atomic E-state index is 1.08. The molecule has 0 unspecified atom stereocenters. The Morgan fingerprint density at radius 3 is 2.26 bits per heavy atom. The van der Waals surface area contributed by atoms with Gasteiger partial charge in [0.1, 0.15) is 0 Å². The average Bonchev–Trinajstić information content (AvgIpc) is 2.98. The summed E-state index contributed by atoms with van der Waals surface area (Å²) >= 11 is 0. The molecule has 2 heteroatoms. The topological polar surface area (TPSA) is 15.3 Å². The zero-order chi connectivity index (χ0) is 12.7. The zero-order valence-electron chi connectivity index (χ0n) is 10.8. The van der Waals surface area contributed by atoms with E-state index in [4.69, 9.17) is 0 Å². The van der Waals surface area contributed by atoms with E-state index in [9.17, 15) is 0 Å². The number of benzene rings is 3. The van der Waals surface area contributed by atoms with E-state index in [1.54, 1.807) is 0 Å². The van der Waals surface area contributed by atoms with Crippen LogP contribution in [0.4, 0.5) is 5.69 Å². The first kappa shape index (κ1) is 10.8. The second kappa shape index (κ2) is 4.25. The first-order chi connectivity index (χ1) is 9.40. The van der Waals surface area contributed by atoms with E-state index < -0.39 is 0 Å². The lowest BCUT2D eigenvalue weighted by Crippen LogP contribution is -2.30. The van der Waals surface area contributed by atoms with Gasteiger partial charge in [0.05, 0.1) is 5.69 Å². The maximum absolute atomic E-state index is 3.41. The highest BCUT2D eigenvalue weighted by atomic mass is 15.5. The summed E-state index contributed by atoms with van der Waals surface area (Å²) < 4.78 is 0. The standard InChI is InChI=1S/C17H16N2/c1-2-5-14-11-16-12-17(19-9-3-8-18-19)7-6-15(16)10-13(14)4-1/h1-2,4-7,10-12,18H,3,8-9H2. The Kier molecular flexibility index (Phi) is 2.42. The minimum absolute atomic E-state index is 1.08. The molecule has 0 aromatic heterocycles. The molecule has 0 radical (unpaired) electrons. The second-order valence-electron chi connectivity index (χ2n) is 5.14. The molecule has 1 N–H and O–H groups in total. The van der Waals surface area contributed by atoms with Crippen molar-refractivity contribution in [2.45, 2.75) is 6.42 Å². The van der Waals surface area contributed by atoms with Crippen molar-refractivity contribution in [3.05, 3.63) is 54.6 Å². The van der Waals surface area contributed by atoms with Gasteiger partial charge in [0.25, 0.3) is 0 Å². The van der Waals surface area contributed by atoms with Crippen LogP contribution in [0.15, 0.2) is 54.6 Å². The summed E-state index contributed by atoms with van der Waals surface area (Å²) in [5, 5.41) is 7.48. The average molecular weight is 248 g/mol. The highest BCUT2D eigenvalue weighted by Crippen LogP contribution is 2.27. The summed E-state index contributed by atoms with van der Waals surface area (Å²) in [5.41, 5.74) is 4.67. The molecule has 1 fully saturated rings. The van der Waals surface area contributed by atoms with Crippen molar-refractivity contribution in [2.75, 3.05) is 18.1 Å². The number of fused-ring (bicyclic) bond motifs is 2. The third kappa shape index (κ3) is 1.85. The van der Waals surface area contributed by atoms with E-state index in [0.29, 0.717) is 0 Å². The second-order valence-corrected chi connectivity index (χ2v) is 5.14. The molecule has 4 rings (SSSR count). The third-order valence-electron chi connectivity index (χ3n) is 3.86. The van der Waals surface area contributed by atoms with Gasteiger partial charge in [-0.15, -0.1) is 0 Å². The van der Waals surface area contributed by atoms with Gasteiger partial charge >= 0.3 is 0 Å². The van der Waals surface area contributed by atoms with E-state index in [2.05, 4.69) is 65.0 Å². The number of hydrazine groups is 1. The molecule has 1 aliphatic rings. The number of anilines is 1. The Balaban J connectivity index is 1.89. The normalized spacial score (nSPS) is 15.5. The van der Waals surface area contributed by atoms with Crippen LogP contribution in [0.3, 0.4) is 0 Å². The summed E-state index contributed by atoms with van der Waals surface area (Å²) in [6.45, 7) is 2.18. The van der Waals surface area contributed by atoms with Crippen molar-refractivity contribution in [3.8, 4) is 0 Å². The number of nitrogens with zero attached hydrogens (tertiary/aromatic N) is 1. The van der Waals surface area contributed by atoms with Crippen molar-refractivity contribution < 1.29 is 0 Å². The first-order valence-corrected chi connectivity index (χ1v) is 6.84. The molecule has 1 aliphatic heterocycles. The molecule has 1 saturated heterocycles. The summed E-state index contributed by atoms with van der Waals surface area (Å²) in [5.74, 6) is 0. The maximum Gasteiger partial charge on any atom is 0.0526 e. The number of rotatable bonds is 1. The zero-order valence-corrected chi connectivity index (χ0v) is 10.8. The largest absolute Gasteiger partial charge is 0.308 e. The van der Waals surface area contributed by atoms with Crippen LogP contribution < -0.4 is 10.4 Å². The van der Waals surface area contributed by atoms with Gasteiger partial charge in [-0.2, -0.15) is 0 Å². The van der Waals surface area contributed by atoms with E-state index in [1.807, 2.05) is 0 Å². The molecule has 94 valence electrons. The lowest BCUT2D eigenvalue weighted by Gasteiger charge is -2.18. The van der Waals surface area contributed by atoms with E-state index in [0.717, 1.165) is 13.1 Å². The lowest BCUT2D eigenvalue weighted by atomic mass is 10.0. The number of hydrogen-bond acceptors (Lipinski definition) is 2. The van der Waals surface area contributed by atoms with E-state index in [1.165, 1.54) is 33.7 Å². The van der Waals surface area contributed by atoms with Crippen LogP contribution in [0.25, 0.3) is 21.5 Å². The Labute approximate surface area is 112 Å². The predicted octanol–water partition coefficient (Wildman–Crippen LogP) is 3.71. The van der Waals surface area contributed by atoms with Crippen LogP contribution in [-0.4, -0.2) is 13.1 Å². The van der Waals surface area contributed by atoms with Crippen LogP contribution in [0.5, 0.6) is 0 Å². The SMILES string of the molecule is c1ccc2cc3cc(N4CCCN4)ccc3cc2c1. The fourth-order valence-corrected chi connectivity index (χ4v) is 2.85. The molecule has 1 heterocycles. The van der Waals surface area contributed by atoms with Crippen molar-refractivity contribution >= 4 is 27.2 Å². The highest BCUT2D eigenvalue weighted by molar-refractivity contribution is 5.99. The molecule has 0 spiro atoms. The molecule has 0 atom stereocenters. The first-order valence-electron chi connectivity index (χ1n) is 6.84. The maximum atomic E-state index is 3.41. The van der Waals surface area contributed by atoms with Crippen molar-refractivity contribution in [1.29, 1.82) is 0 Å². The van der Waals surface area contributed by atoms with Gasteiger partial charge in [0.2, 0.25) is 0 Å². The molecule has 0 aliphatic carbocycles. The highest BCUT2D eigenvalue weighted by Gasteiger charge is 2.11. The molecule has 0 saturated carbocycles. The molecule has 0 bridgehead atoms. The van der Waals surface area contributed by atoms with E-state index >= 15 is 0 Å². The molecule has 3 aromatic rings. The molecule has 2 nitrogen and oxygen atoms in total. The predicted molar refractivity (Wildman–Crippen MR) is 81.4 cm³/mol. The molecule has 19 heavy (non-hydrogen) atoms. The van der Waals surface area contributed by atoms with Crippen molar-refractivity contribution in [3.63, 3.8) is 0 Å².